The molecule has 0 aliphatic heterocycles. The average molecular weight is 282 g/mol. The molecule has 0 saturated heterocycles. The minimum atomic E-state index is -0.818. The Balaban J connectivity index is 1.95. The molecule has 4 nitrogen and oxygen atoms in total. The third-order valence-corrected chi connectivity index (χ3v) is 4.19. The number of aryl methyl sites for hydroxylation is 1. The summed E-state index contributed by atoms with van der Waals surface area (Å²) in [4.78, 5) is 12.3. The van der Waals surface area contributed by atoms with Gasteiger partial charge in [-0.1, -0.05) is 0 Å². The summed E-state index contributed by atoms with van der Waals surface area (Å²) in [5.41, 5.74) is 2.12. The number of rotatable bonds is 6. The minimum absolute atomic E-state index is 0.509. The van der Waals surface area contributed by atoms with Crippen LogP contribution in [0.1, 0.15) is 16.0 Å². The summed E-state index contributed by atoms with van der Waals surface area (Å²) in [7, 11) is 0. The lowest BCUT2D eigenvalue weighted by Gasteiger charge is -2.13. The molecule has 2 rings (SSSR count). The van der Waals surface area contributed by atoms with Gasteiger partial charge < -0.3 is 5.11 Å². The molecule has 2 aromatic heterocycles. The van der Waals surface area contributed by atoms with Crippen LogP contribution in [0.2, 0.25) is 0 Å². The maximum Gasteiger partial charge on any atom is 0.321 e. The number of aliphatic carboxylic acids is 1. The van der Waals surface area contributed by atoms with Crippen molar-refractivity contribution >= 4 is 28.8 Å². The first-order chi connectivity index (χ1) is 8.66. The zero-order chi connectivity index (χ0) is 13.0. The molecule has 1 atom stereocenters. The average Bonchev–Trinajstić information content (AvgIpc) is 2.96. The van der Waals surface area contributed by atoms with Gasteiger partial charge in [-0.3, -0.25) is 10.1 Å². The van der Waals surface area contributed by atoms with Crippen molar-refractivity contribution in [3.05, 3.63) is 39.0 Å². The lowest BCUT2D eigenvalue weighted by atomic mass is 10.1. The van der Waals surface area contributed by atoms with Crippen LogP contribution in [0, 0.1) is 6.92 Å². The molecule has 0 aromatic carbocycles. The summed E-state index contributed by atoms with van der Waals surface area (Å²) in [6.45, 7) is 2.53. The number of carboxylic acid groups (broad SMARTS) is 1. The maximum atomic E-state index is 11.2. The number of aromatic nitrogens is 1. The fourth-order valence-electron chi connectivity index (χ4n) is 1.61. The van der Waals surface area contributed by atoms with E-state index in [1.54, 1.807) is 17.5 Å². The highest BCUT2D eigenvalue weighted by Crippen LogP contribution is 2.13. The molecule has 0 radical (unpaired) electrons. The van der Waals surface area contributed by atoms with E-state index in [1.165, 1.54) is 11.5 Å². The summed E-state index contributed by atoms with van der Waals surface area (Å²) < 4.78 is 4.08. The smallest absolute Gasteiger partial charge is 0.321 e. The van der Waals surface area contributed by atoms with Gasteiger partial charge in [0, 0.05) is 17.6 Å². The first kappa shape index (κ1) is 13.2. The summed E-state index contributed by atoms with van der Waals surface area (Å²) in [5, 5.41) is 16.2. The molecular formula is C12H14N2O2S2. The number of nitrogens with zero attached hydrogens (tertiary/aromatic N) is 1. The first-order valence-electron chi connectivity index (χ1n) is 5.54. The Bertz CT molecular complexity index is 508. The van der Waals surface area contributed by atoms with E-state index in [0.29, 0.717) is 13.0 Å². The zero-order valence-electron chi connectivity index (χ0n) is 9.92. The molecule has 2 heterocycles. The molecule has 0 aliphatic carbocycles. The summed E-state index contributed by atoms with van der Waals surface area (Å²) in [6.07, 6.45) is 2.30. The van der Waals surface area contributed by atoms with Crippen molar-refractivity contribution in [2.45, 2.75) is 25.9 Å². The molecule has 0 spiro atoms. The Morgan fingerprint density at radius 3 is 3.00 bits per heavy atom. The van der Waals surface area contributed by atoms with Gasteiger partial charge in [-0.05, 0) is 52.8 Å². The monoisotopic (exact) mass is 282 g/mol. The molecule has 1 unspecified atom stereocenters. The first-order valence-corrected chi connectivity index (χ1v) is 7.26. The molecule has 0 amide bonds. The highest BCUT2D eigenvalue weighted by molar-refractivity contribution is 7.08. The summed E-state index contributed by atoms with van der Waals surface area (Å²) in [5.74, 6) is -0.818. The second-order valence-corrected chi connectivity index (χ2v) is 5.80. The van der Waals surface area contributed by atoms with Crippen LogP contribution in [0.25, 0.3) is 0 Å². The van der Waals surface area contributed by atoms with Gasteiger partial charge in [0.1, 0.15) is 6.04 Å². The van der Waals surface area contributed by atoms with Crippen LogP contribution in [0.15, 0.2) is 23.0 Å². The van der Waals surface area contributed by atoms with Gasteiger partial charge in [0.15, 0.2) is 0 Å². The van der Waals surface area contributed by atoms with Gasteiger partial charge in [0.2, 0.25) is 0 Å². The second-order valence-electron chi connectivity index (χ2n) is 4.01. The molecule has 96 valence electrons. The molecule has 0 aliphatic rings. The van der Waals surface area contributed by atoms with Crippen molar-refractivity contribution in [2.24, 2.45) is 0 Å². The number of carboxylic acids is 1. The van der Waals surface area contributed by atoms with E-state index in [-0.39, 0.29) is 0 Å². The van der Waals surface area contributed by atoms with E-state index in [2.05, 4.69) is 9.69 Å². The maximum absolute atomic E-state index is 11.2. The Hall–Kier alpha value is -1.24. The summed E-state index contributed by atoms with van der Waals surface area (Å²) >= 11 is 3.02. The van der Waals surface area contributed by atoms with Gasteiger partial charge in [-0.15, -0.1) is 0 Å². The van der Waals surface area contributed by atoms with E-state index < -0.39 is 12.0 Å². The van der Waals surface area contributed by atoms with Crippen molar-refractivity contribution in [2.75, 3.05) is 0 Å². The zero-order valence-corrected chi connectivity index (χ0v) is 11.6. The highest BCUT2D eigenvalue weighted by Gasteiger charge is 2.18. The van der Waals surface area contributed by atoms with Crippen molar-refractivity contribution < 1.29 is 9.90 Å². The molecule has 0 bridgehead atoms. The third-order valence-electron chi connectivity index (χ3n) is 2.71. The topological polar surface area (TPSA) is 62.2 Å². The molecule has 0 fully saturated rings. The van der Waals surface area contributed by atoms with Gasteiger partial charge in [-0.25, -0.2) is 4.37 Å². The third kappa shape index (κ3) is 3.38. The van der Waals surface area contributed by atoms with Crippen LogP contribution in [0.4, 0.5) is 0 Å². The van der Waals surface area contributed by atoms with Gasteiger partial charge in [0.25, 0.3) is 0 Å². The number of nitrogens with one attached hydrogen (secondary N) is 1. The van der Waals surface area contributed by atoms with E-state index in [1.807, 2.05) is 23.8 Å². The lowest BCUT2D eigenvalue weighted by Crippen LogP contribution is -2.38. The number of hydrogen-bond donors (Lipinski definition) is 2. The predicted octanol–water partition coefficient (Wildman–Crippen LogP) is 2.30. The minimum Gasteiger partial charge on any atom is -0.480 e. The van der Waals surface area contributed by atoms with Gasteiger partial charge >= 0.3 is 5.97 Å². The van der Waals surface area contributed by atoms with Gasteiger partial charge in [-0.2, -0.15) is 11.3 Å². The Labute approximate surface area is 113 Å². The molecule has 18 heavy (non-hydrogen) atoms. The number of carbonyl (C=O) groups is 1. The Morgan fingerprint density at radius 1 is 1.61 bits per heavy atom. The molecule has 0 saturated carbocycles. The van der Waals surface area contributed by atoms with E-state index in [4.69, 9.17) is 0 Å². The summed E-state index contributed by atoms with van der Waals surface area (Å²) in [6, 6.07) is 1.40. The Morgan fingerprint density at radius 2 is 2.44 bits per heavy atom. The highest BCUT2D eigenvalue weighted by atomic mass is 32.1. The molecule has 2 aromatic rings. The van der Waals surface area contributed by atoms with E-state index in [9.17, 15) is 9.90 Å². The van der Waals surface area contributed by atoms with Crippen LogP contribution in [0.5, 0.6) is 0 Å². The number of hydrogen-bond acceptors (Lipinski definition) is 5. The predicted molar refractivity (Wildman–Crippen MR) is 73.1 cm³/mol. The number of thiophene rings is 1. The van der Waals surface area contributed by atoms with E-state index in [0.717, 1.165) is 16.0 Å². The SMILES string of the molecule is Cc1sncc1CNC(Cc1ccsc1)C(=O)O. The fourth-order valence-corrected chi connectivity index (χ4v) is 2.87. The van der Waals surface area contributed by atoms with E-state index >= 15 is 0 Å². The van der Waals surface area contributed by atoms with Crippen LogP contribution < -0.4 is 5.32 Å². The van der Waals surface area contributed by atoms with Crippen molar-refractivity contribution in [1.82, 2.24) is 9.69 Å². The van der Waals surface area contributed by atoms with Crippen LogP contribution in [-0.2, 0) is 17.8 Å². The molecule has 2 N–H and O–H groups in total. The molecular weight excluding hydrogens is 268 g/mol. The Kier molecular flexibility index (Phi) is 4.46. The quantitative estimate of drug-likeness (QED) is 0.853. The second kappa shape index (κ2) is 6.08. The lowest BCUT2D eigenvalue weighted by molar-refractivity contribution is -0.139. The largest absolute Gasteiger partial charge is 0.480 e. The standard InChI is InChI=1S/C12H14N2O2S2/c1-8-10(6-14-18-8)5-13-11(12(15)16)4-9-2-3-17-7-9/h2-3,6-7,11,13H,4-5H2,1H3,(H,15,16). The fraction of sp³-hybridized carbons (Fsp3) is 0.333. The van der Waals surface area contributed by atoms with Crippen molar-refractivity contribution in [1.29, 1.82) is 0 Å². The normalized spacial score (nSPS) is 12.5. The van der Waals surface area contributed by atoms with Gasteiger partial charge in [0.05, 0.1) is 0 Å². The van der Waals surface area contributed by atoms with Crippen LogP contribution in [-0.4, -0.2) is 21.5 Å². The molecule has 6 heteroatoms. The van der Waals surface area contributed by atoms with Crippen molar-refractivity contribution in [3.8, 4) is 0 Å². The van der Waals surface area contributed by atoms with Crippen LogP contribution >= 0.6 is 22.9 Å². The van der Waals surface area contributed by atoms with Crippen molar-refractivity contribution in [3.63, 3.8) is 0 Å². The van der Waals surface area contributed by atoms with Crippen LogP contribution in [0.3, 0.4) is 0 Å².